The third-order valence-corrected chi connectivity index (χ3v) is 6.49. The number of hydrogen-bond acceptors (Lipinski definition) is 7. The second-order valence-electron chi connectivity index (χ2n) is 7.45. The summed E-state index contributed by atoms with van der Waals surface area (Å²) in [7, 11) is 0. The Morgan fingerprint density at radius 2 is 1.90 bits per heavy atom. The molecule has 158 valence electrons. The van der Waals surface area contributed by atoms with Crippen LogP contribution in [0.4, 0.5) is 5.82 Å². The topological polar surface area (TPSA) is 80.0 Å². The fourth-order valence-corrected chi connectivity index (χ4v) is 4.77. The van der Waals surface area contributed by atoms with Crippen LogP contribution in [0.5, 0.6) is 0 Å². The predicted octanol–water partition coefficient (Wildman–Crippen LogP) is 3.50. The van der Waals surface area contributed by atoms with Crippen molar-refractivity contribution < 1.29 is 4.79 Å². The third-order valence-electron chi connectivity index (χ3n) is 5.37. The van der Waals surface area contributed by atoms with Gasteiger partial charge in [-0.05, 0) is 43.5 Å². The van der Waals surface area contributed by atoms with Crippen molar-refractivity contribution in [2.24, 2.45) is 0 Å². The minimum atomic E-state index is -0.170. The van der Waals surface area contributed by atoms with Gasteiger partial charge in [0.15, 0.2) is 5.82 Å². The number of thiophene rings is 1. The highest BCUT2D eigenvalue weighted by atomic mass is 35.5. The van der Waals surface area contributed by atoms with Crippen LogP contribution in [0.25, 0.3) is 16.0 Å². The summed E-state index contributed by atoms with van der Waals surface area (Å²) in [6, 6.07) is 7.49. The number of anilines is 1. The molecule has 0 bridgehead atoms. The zero-order valence-electron chi connectivity index (χ0n) is 17.1. The number of amides is 1. The van der Waals surface area contributed by atoms with Crippen molar-refractivity contribution in [1.29, 1.82) is 0 Å². The third kappa shape index (κ3) is 3.64. The molecule has 5 heterocycles. The molecule has 8 nitrogen and oxygen atoms in total. The summed E-state index contributed by atoms with van der Waals surface area (Å²) in [6.45, 7) is 6.37. The minimum absolute atomic E-state index is 0.170. The molecule has 1 saturated heterocycles. The number of aromatic nitrogens is 5. The van der Waals surface area contributed by atoms with Crippen molar-refractivity contribution in [2.45, 2.75) is 13.8 Å². The molecule has 4 aromatic heterocycles. The number of hydrogen-bond donors (Lipinski definition) is 0. The van der Waals surface area contributed by atoms with Crippen LogP contribution in [0.1, 0.15) is 21.9 Å². The summed E-state index contributed by atoms with van der Waals surface area (Å²) < 4.78 is 1.72. The molecule has 1 aliphatic heterocycles. The van der Waals surface area contributed by atoms with E-state index in [4.69, 9.17) is 11.6 Å². The fourth-order valence-electron chi connectivity index (χ4n) is 3.86. The summed E-state index contributed by atoms with van der Waals surface area (Å²) in [6.07, 6.45) is 1.60. The van der Waals surface area contributed by atoms with Gasteiger partial charge >= 0.3 is 0 Å². The van der Waals surface area contributed by atoms with Crippen LogP contribution in [-0.2, 0) is 0 Å². The Morgan fingerprint density at radius 1 is 1.10 bits per heavy atom. The van der Waals surface area contributed by atoms with Gasteiger partial charge < -0.3 is 9.80 Å². The van der Waals surface area contributed by atoms with Gasteiger partial charge in [0.2, 0.25) is 0 Å². The summed E-state index contributed by atoms with van der Waals surface area (Å²) >= 11 is 7.95. The van der Waals surface area contributed by atoms with Gasteiger partial charge in [-0.2, -0.15) is 5.10 Å². The molecule has 1 aliphatic rings. The predicted molar refractivity (Wildman–Crippen MR) is 121 cm³/mol. The number of carbonyl (C=O) groups excluding carboxylic acids is 1. The van der Waals surface area contributed by atoms with Crippen molar-refractivity contribution >= 4 is 44.9 Å². The fraction of sp³-hybridized carbons (Fsp3) is 0.286. The lowest BCUT2D eigenvalue weighted by molar-refractivity contribution is 0.0741. The van der Waals surface area contributed by atoms with Crippen molar-refractivity contribution in [3.05, 3.63) is 58.1 Å². The van der Waals surface area contributed by atoms with Crippen LogP contribution in [0.2, 0.25) is 5.02 Å². The zero-order chi connectivity index (χ0) is 21.5. The van der Waals surface area contributed by atoms with E-state index in [9.17, 15) is 4.79 Å². The number of halogens is 1. The number of aryl methyl sites for hydroxylation is 2. The van der Waals surface area contributed by atoms with E-state index in [-0.39, 0.29) is 11.6 Å². The SMILES string of the molecule is Cc1cc(C)n(-c2ccc(Cl)c(C(=O)N3CCN(c4ncnc5sccc45)CC3)n2)n1. The van der Waals surface area contributed by atoms with E-state index >= 15 is 0 Å². The molecule has 0 unspecified atom stereocenters. The molecule has 0 spiro atoms. The largest absolute Gasteiger partial charge is 0.352 e. The first-order chi connectivity index (χ1) is 15.0. The first-order valence-electron chi connectivity index (χ1n) is 9.94. The number of rotatable bonds is 3. The Morgan fingerprint density at radius 3 is 2.65 bits per heavy atom. The van der Waals surface area contributed by atoms with E-state index < -0.39 is 0 Å². The van der Waals surface area contributed by atoms with Gasteiger partial charge in [0.05, 0.1) is 16.1 Å². The quantitative estimate of drug-likeness (QED) is 0.472. The average molecular weight is 454 g/mol. The molecule has 1 amide bonds. The average Bonchev–Trinajstić information content (AvgIpc) is 3.39. The lowest BCUT2D eigenvalue weighted by atomic mass is 10.2. The molecule has 31 heavy (non-hydrogen) atoms. The van der Waals surface area contributed by atoms with Gasteiger partial charge in [-0.15, -0.1) is 11.3 Å². The van der Waals surface area contributed by atoms with Crippen LogP contribution < -0.4 is 4.90 Å². The second kappa shape index (κ2) is 7.90. The maximum Gasteiger partial charge on any atom is 0.274 e. The van der Waals surface area contributed by atoms with Crippen molar-refractivity contribution in [2.75, 3.05) is 31.1 Å². The molecule has 0 aromatic carbocycles. The maximum atomic E-state index is 13.2. The Hall–Kier alpha value is -3.04. The monoisotopic (exact) mass is 453 g/mol. The second-order valence-corrected chi connectivity index (χ2v) is 8.76. The van der Waals surface area contributed by atoms with Gasteiger partial charge in [-0.3, -0.25) is 4.79 Å². The number of nitrogens with zero attached hydrogens (tertiary/aromatic N) is 7. The first-order valence-corrected chi connectivity index (χ1v) is 11.2. The molecular formula is C21H20ClN7OS. The van der Waals surface area contributed by atoms with Gasteiger partial charge in [-0.25, -0.2) is 19.6 Å². The smallest absolute Gasteiger partial charge is 0.274 e. The van der Waals surface area contributed by atoms with E-state index in [1.165, 1.54) is 0 Å². The number of carbonyl (C=O) groups is 1. The van der Waals surface area contributed by atoms with Crippen LogP contribution in [-0.4, -0.2) is 61.7 Å². The lowest BCUT2D eigenvalue weighted by Crippen LogP contribution is -2.49. The van der Waals surface area contributed by atoms with E-state index in [0.717, 1.165) is 27.4 Å². The Labute approximate surface area is 188 Å². The summed E-state index contributed by atoms with van der Waals surface area (Å²) in [5, 5.41) is 7.87. The van der Waals surface area contributed by atoms with Gasteiger partial charge in [0, 0.05) is 31.9 Å². The van der Waals surface area contributed by atoms with E-state index in [1.807, 2.05) is 31.4 Å². The van der Waals surface area contributed by atoms with Gasteiger partial charge in [0.1, 0.15) is 22.7 Å². The molecule has 0 N–H and O–H groups in total. The molecule has 0 atom stereocenters. The van der Waals surface area contributed by atoms with E-state index in [1.54, 1.807) is 39.4 Å². The number of fused-ring (bicyclic) bond motifs is 1. The molecule has 1 fully saturated rings. The number of piperazine rings is 1. The summed E-state index contributed by atoms with van der Waals surface area (Å²) in [5.41, 5.74) is 2.09. The Bertz CT molecular complexity index is 1280. The van der Waals surface area contributed by atoms with E-state index in [2.05, 4.69) is 25.0 Å². The van der Waals surface area contributed by atoms with Crippen LogP contribution in [0.3, 0.4) is 0 Å². The lowest BCUT2D eigenvalue weighted by Gasteiger charge is -2.35. The molecule has 10 heteroatoms. The van der Waals surface area contributed by atoms with Crippen LogP contribution in [0.15, 0.2) is 36.0 Å². The minimum Gasteiger partial charge on any atom is -0.352 e. The summed E-state index contributed by atoms with van der Waals surface area (Å²) in [5.74, 6) is 1.33. The van der Waals surface area contributed by atoms with Crippen LogP contribution in [0, 0.1) is 13.8 Å². The highest BCUT2D eigenvalue weighted by Crippen LogP contribution is 2.28. The zero-order valence-corrected chi connectivity index (χ0v) is 18.7. The van der Waals surface area contributed by atoms with Gasteiger partial charge in [-0.1, -0.05) is 11.6 Å². The Balaban J connectivity index is 1.35. The van der Waals surface area contributed by atoms with Crippen LogP contribution >= 0.6 is 22.9 Å². The molecule has 4 aromatic rings. The molecule has 0 radical (unpaired) electrons. The van der Waals surface area contributed by atoms with Crippen molar-refractivity contribution in [3.63, 3.8) is 0 Å². The Kier molecular flexibility index (Phi) is 5.07. The summed E-state index contributed by atoms with van der Waals surface area (Å²) in [4.78, 5) is 31.5. The first kappa shape index (κ1) is 19.9. The molecule has 5 rings (SSSR count). The van der Waals surface area contributed by atoms with Crippen molar-refractivity contribution in [3.8, 4) is 5.82 Å². The standard InChI is InChI=1S/C21H20ClN7OS/c1-13-11-14(2)29(26-13)17-4-3-16(22)18(25-17)21(30)28-8-6-27(7-9-28)19-15-5-10-31-20(15)24-12-23-19/h3-5,10-12H,6-9H2,1-2H3. The van der Waals surface area contributed by atoms with Crippen molar-refractivity contribution in [1.82, 2.24) is 29.6 Å². The molecule has 0 saturated carbocycles. The van der Waals surface area contributed by atoms with Gasteiger partial charge in [0.25, 0.3) is 5.91 Å². The highest BCUT2D eigenvalue weighted by molar-refractivity contribution is 7.16. The molecular weight excluding hydrogens is 434 g/mol. The normalized spacial score (nSPS) is 14.4. The maximum absolute atomic E-state index is 13.2. The number of pyridine rings is 1. The highest BCUT2D eigenvalue weighted by Gasteiger charge is 2.26. The van der Waals surface area contributed by atoms with E-state index in [0.29, 0.717) is 37.0 Å². The molecule has 0 aliphatic carbocycles.